The number of rotatable bonds is 4. The van der Waals surface area contributed by atoms with Crippen molar-refractivity contribution < 1.29 is 9.53 Å². The van der Waals surface area contributed by atoms with Crippen LogP contribution >= 0.6 is 0 Å². The molecule has 0 aromatic carbocycles. The zero-order valence-electron chi connectivity index (χ0n) is 13.2. The van der Waals surface area contributed by atoms with Crippen molar-refractivity contribution in [2.24, 2.45) is 0 Å². The molecule has 1 fully saturated rings. The van der Waals surface area contributed by atoms with E-state index in [9.17, 15) is 4.79 Å². The standard InChI is InChI=1S/C16H19N5O2/c1-20(2)15-14(4-3-6-19-15)23-13-5-7-21(10-13)16(22)12-8-17-11-18-9-12/h3-4,6,8-9,11,13H,5,7,10H2,1-2H3/t13-/m1/s1. The van der Waals surface area contributed by atoms with Crippen molar-refractivity contribution in [3.05, 3.63) is 42.6 Å². The summed E-state index contributed by atoms with van der Waals surface area (Å²) in [5, 5.41) is 0. The van der Waals surface area contributed by atoms with Gasteiger partial charge < -0.3 is 14.5 Å². The topological polar surface area (TPSA) is 71.5 Å². The average Bonchev–Trinajstić information content (AvgIpc) is 3.04. The van der Waals surface area contributed by atoms with Gasteiger partial charge >= 0.3 is 0 Å². The molecule has 3 heterocycles. The number of hydrogen-bond acceptors (Lipinski definition) is 6. The fourth-order valence-corrected chi connectivity index (χ4v) is 2.59. The number of amides is 1. The van der Waals surface area contributed by atoms with Crippen LogP contribution in [0.4, 0.5) is 5.82 Å². The third-order valence-corrected chi connectivity index (χ3v) is 3.71. The molecule has 0 aliphatic carbocycles. The van der Waals surface area contributed by atoms with Gasteiger partial charge in [-0.05, 0) is 12.1 Å². The second-order valence-electron chi connectivity index (χ2n) is 5.63. The van der Waals surface area contributed by atoms with Gasteiger partial charge in [0.2, 0.25) is 0 Å². The van der Waals surface area contributed by atoms with E-state index in [2.05, 4.69) is 15.0 Å². The Hall–Kier alpha value is -2.70. The first-order valence-electron chi connectivity index (χ1n) is 7.48. The molecule has 0 bridgehead atoms. The first kappa shape index (κ1) is 15.2. The highest BCUT2D eigenvalue weighted by Gasteiger charge is 2.29. The van der Waals surface area contributed by atoms with Gasteiger partial charge in [0.1, 0.15) is 12.4 Å². The summed E-state index contributed by atoms with van der Waals surface area (Å²) in [4.78, 5) is 28.2. The summed E-state index contributed by atoms with van der Waals surface area (Å²) < 4.78 is 6.05. The van der Waals surface area contributed by atoms with Crippen molar-refractivity contribution >= 4 is 11.7 Å². The quantitative estimate of drug-likeness (QED) is 0.845. The Bertz CT molecular complexity index is 677. The molecule has 120 valence electrons. The van der Waals surface area contributed by atoms with E-state index in [1.807, 2.05) is 31.1 Å². The number of nitrogens with zero attached hydrogens (tertiary/aromatic N) is 5. The number of hydrogen-bond donors (Lipinski definition) is 0. The smallest absolute Gasteiger partial charge is 0.257 e. The van der Waals surface area contributed by atoms with Gasteiger partial charge in [-0.2, -0.15) is 0 Å². The Morgan fingerprint density at radius 1 is 1.35 bits per heavy atom. The first-order chi connectivity index (χ1) is 11.1. The molecule has 7 heteroatoms. The van der Waals surface area contributed by atoms with Gasteiger partial charge in [0, 0.05) is 45.7 Å². The summed E-state index contributed by atoms with van der Waals surface area (Å²) >= 11 is 0. The van der Waals surface area contributed by atoms with Crippen molar-refractivity contribution in [1.82, 2.24) is 19.9 Å². The highest BCUT2D eigenvalue weighted by molar-refractivity contribution is 5.93. The van der Waals surface area contributed by atoms with E-state index in [0.29, 0.717) is 18.7 Å². The van der Waals surface area contributed by atoms with Crippen molar-refractivity contribution in [2.45, 2.75) is 12.5 Å². The molecule has 1 atom stereocenters. The molecule has 0 N–H and O–H groups in total. The molecule has 23 heavy (non-hydrogen) atoms. The zero-order valence-corrected chi connectivity index (χ0v) is 13.2. The maximum atomic E-state index is 12.4. The van der Waals surface area contributed by atoms with E-state index >= 15 is 0 Å². The fourth-order valence-electron chi connectivity index (χ4n) is 2.59. The maximum absolute atomic E-state index is 12.4. The molecule has 1 amide bonds. The molecule has 2 aromatic heterocycles. The van der Waals surface area contributed by atoms with Crippen LogP contribution in [0.5, 0.6) is 5.75 Å². The number of likely N-dealkylation sites (tertiary alicyclic amines) is 1. The van der Waals surface area contributed by atoms with Crippen LogP contribution in [0.2, 0.25) is 0 Å². The number of anilines is 1. The van der Waals surface area contributed by atoms with Crippen molar-refractivity contribution in [1.29, 1.82) is 0 Å². The minimum atomic E-state index is -0.0595. The lowest BCUT2D eigenvalue weighted by atomic mass is 10.3. The molecule has 2 aromatic rings. The van der Waals surface area contributed by atoms with Gasteiger partial charge in [-0.25, -0.2) is 15.0 Å². The molecule has 3 rings (SSSR count). The highest BCUT2D eigenvalue weighted by Crippen LogP contribution is 2.27. The second-order valence-corrected chi connectivity index (χ2v) is 5.63. The Morgan fingerprint density at radius 2 is 2.13 bits per heavy atom. The van der Waals surface area contributed by atoms with Gasteiger partial charge in [0.05, 0.1) is 12.1 Å². The Balaban J connectivity index is 1.66. The molecule has 1 aliphatic heterocycles. The van der Waals surface area contributed by atoms with Crippen LogP contribution < -0.4 is 9.64 Å². The van der Waals surface area contributed by atoms with Gasteiger partial charge in [-0.15, -0.1) is 0 Å². The zero-order chi connectivity index (χ0) is 16.2. The normalized spacial score (nSPS) is 17.1. The maximum Gasteiger partial charge on any atom is 0.257 e. The summed E-state index contributed by atoms with van der Waals surface area (Å²) in [6.07, 6.45) is 6.98. The SMILES string of the molecule is CN(C)c1ncccc1O[C@@H]1CCN(C(=O)c2cncnc2)C1. The first-order valence-corrected chi connectivity index (χ1v) is 7.48. The minimum absolute atomic E-state index is 0.0357. The van der Waals surface area contributed by atoms with Crippen LogP contribution in [0.3, 0.4) is 0 Å². The van der Waals surface area contributed by atoms with E-state index in [1.54, 1.807) is 11.1 Å². The van der Waals surface area contributed by atoms with Gasteiger partial charge in [0.15, 0.2) is 11.6 Å². The number of carbonyl (C=O) groups excluding carboxylic acids is 1. The number of aromatic nitrogens is 3. The monoisotopic (exact) mass is 313 g/mol. The van der Waals surface area contributed by atoms with E-state index in [-0.39, 0.29) is 12.0 Å². The van der Waals surface area contributed by atoms with Crippen molar-refractivity contribution in [2.75, 3.05) is 32.1 Å². The van der Waals surface area contributed by atoms with Crippen molar-refractivity contribution in [3.63, 3.8) is 0 Å². The average molecular weight is 313 g/mol. The summed E-state index contributed by atoms with van der Waals surface area (Å²) in [7, 11) is 3.85. The number of pyridine rings is 1. The van der Waals surface area contributed by atoms with Crippen LogP contribution in [0.15, 0.2) is 37.1 Å². The fraction of sp³-hybridized carbons (Fsp3) is 0.375. The molecule has 0 spiro atoms. The Morgan fingerprint density at radius 3 is 2.87 bits per heavy atom. The van der Waals surface area contributed by atoms with Crippen LogP contribution in [-0.4, -0.2) is 59.0 Å². The van der Waals surface area contributed by atoms with Crippen LogP contribution in [0.25, 0.3) is 0 Å². The van der Waals surface area contributed by atoms with Crippen LogP contribution in [0.1, 0.15) is 16.8 Å². The molecule has 1 saturated heterocycles. The summed E-state index contributed by atoms with van der Waals surface area (Å²) in [6, 6.07) is 3.75. The largest absolute Gasteiger partial charge is 0.485 e. The predicted molar refractivity (Wildman–Crippen MR) is 85.5 cm³/mol. The highest BCUT2D eigenvalue weighted by atomic mass is 16.5. The molecule has 0 saturated carbocycles. The van der Waals surface area contributed by atoms with E-state index < -0.39 is 0 Å². The van der Waals surface area contributed by atoms with Gasteiger partial charge in [-0.3, -0.25) is 4.79 Å². The summed E-state index contributed by atoms with van der Waals surface area (Å²) in [5.41, 5.74) is 0.503. The lowest BCUT2D eigenvalue weighted by molar-refractivity contribution is 0.0771. The molecule has 1 aliphatic rings. The van der Waals surface area contributed by atoms with Gasteiger partial charge in [0.25, 0.3) is 5.91 Å². The third kappa shape index (κ3) is 3.39. The van der Waals surface area contributed by atoms with Crippen LogP contribution in [-0.2, 0) is 0 Å². The summed E-state index contributed by atoms with van der Waals surface area (Å²) in [6.45, 7) is 1.21. The molecule has 7 nitrogen and oxygen atoms in total. The second kappa shape index (κ2) is 6.60. The van der Waals surface area contributed by atoms with Gasteiger partial charge in [-0.1, -0.05) is 0 Å². The lowest BCUT2D eigenvalue weighted by Gasteiger charge is -2.20. The van der Waals surface area contributed by atoms with Crippen LogP contribution in [0, 0.1) is 0 Å². The van der Waals surface area contributed by atoms with E-state index in [0.717, 1.165) is 18.0 Å². The Kier molecular flexibility index (Phi) is 4.36. The molecule has 0 unspecified atom stereocenters. The third-order valence-electron chi connectivity index (χ3n) is 3.71. The molecular formula is C16H19N5O2. The van der Waals surface area contributed by atoms with E-state index in [4.69, 9.17) is 4.74 Å². The number of ether oxygens (including phenoxy) is 1. The van der Waals surface area contributed by atoms with Crippen molar-refractivity contribution in [3.8, 4) is 5.75 Å². The molecular weight excluding hydrogens is 294 g/mol. The van der Waals surface area contributed by atoms with E-state index in [1.165, 1.54) is 18.7 Å². The lowest BCUT2D eigenvalue weighted by Crippen LogP contribution is -2.31. The minimum Gasteiger partial charge on any atom is -0.485 e. The molecule has 0 radical (unpaired) electrons. The predicted octanol–water partition coefficient (Wildman–Crippen LogP) is 1.23. The summed E-state index contributed by atoms with van der Waals surface area (Å²) in [5.74, 6) is 1.46. The number of carbonyl (C=O) groups is 1. The Labute approximate surface area is 134 Å².